The molecule has 2 aromatic carbocycles. The van der Waals surface area contributed by atoms with Crippen LogP contribution in [0.5, 0.6) is 11.5 Å². The van der Waals surface area contributed by atoms with Crippen LogP contribution in [-0.2, 0) is 7.05 Å². The number of anilines is 2. The molecule has 7 heteroatoms. The van der Waals surface area contributed by atoms with Gasteiger partial charge in [-0.15, -0.1) is 0 Å². The summed E-state index contributed by atoms with van der Waals surface area (Å²) in [6.45, 7) is 2.67. The number of nitrogens with zero attached hydrogens (tertiary/aromatic N) is 2. The first-order valence-electron chi connectivity index (χ1n) is 8.91. The van der Waals surface area contributed by atoms with Crippen molar-refractivity contribution in [1.29, 1.82) is 0 Å². The highest BCUT2D eigenvalue weighted by Gasteiger charge is 2.24. The third-order valence-corrected chi connectivity index (χ3v) is 5.10. The standard InChI is InChI=1S/C21H20F2N2O3/c1-12-8-15-16(24(2)21(12)26)10-14(27-3)11-17(15)25-6-7-28-19-5-4-13(20(22)23)9-18(19)25/h4-5,8-11,20H,6-7H2,1-3H3. The van der Waals surface area contributed by atoms with Crippen molar-refractivity contribution in [2.75, 3.05) is 25.2 Å². The van der Waals surface area contributed by atoms with Gasteiger partial charge >= 0.3 is 0 Å². The third-order valence-electron chi connectivity index (χ3n) is 5.10. The van der Waals surface area contributed by atoms with Crippen molar-refractivity contribution in [1.82, 2.24) is 4.57 Å². The van der Waals surface area contributed by atoms with Crippen molar-refractivity contribution >= 4 is 22.3 Å². The van der Waals surface area contributed by atoms with Crippen molar-refractivity contribution in [3.05, 3.63) is 57.9 Å². The molecule has 0 bridgehead atoms. The van der Waals surface area contributed by atoms with Crippen LogP contribution >= 0.6 is 0 Å². The molecule has 4 rings (SSSR count). The molecule has 0 spiro atoms. The van der Waals surface area contributed by atoms with E-state index >= 15 is 0 Å². The van der Waals surface area contributed by atoms with Gasteiger partial charge in [-0.3, -0.25) is 4.79 Å². The lowest BCUT2D eigenvalue weighted by Gasteiger charge is -2.33. The van der Waals surface area contributed by atoms with Gasteiger partial charge in [-0.25, -0.2) is 8.78 Å². The highest BCUT2D eigenvalue weighted by molar-refractivity contribution is 5.96. The Balaban J connectivity index is 2.00. The van der Waals surface area contributed by atoms with Crippen LogP contribution in [0.2, 0.25) is 0 Å². The molecule has 0 saturated carbocycles. The molecule has 28 heavy (non-hydrogen) atoms. The number of alkyl halides is 2. The van der Waals surface area contributed by atoms with Crippen LogP contribution in [0.1, 0.15) is 17.6 Å². The van der Waals surface area contributed by atoms with E-state index in [1.165, 1.54) is 12.1 Å². The lowest BCUT2D eigenvalue weighted by atomic mass is 10.1. The Morgan fingerprint density at radius 3 is 2.64 bits per heavy atom. The molecule has 146 valence electrons. The van der Waals surface area contributed by atoms with Gasteiger partial charge in [0.15, 0.2) is 0 Å². The summed E-state index contributed by atoms with van der Waals surface area (Å²) in [6, 6.07) is 9.90. The largest absolute Gasteiger partial charge is 0.497 e. The highest BCUT2D eigenvalue weighted by Crippen LogP contribution is 2.42. The van der Waals surface area contributed by atoms with E-state index in [-0.39, 0.29) is 11.1 Å². The second kappa shape index (κ2) is 6.82. The lowest BCUT2D eigenvalue weighted by molar-refractivity contribution is 0.151. The molecule has 1 aromatic heterocycles. The first-order valence-corrected chi connectivity index (χ1v) is 8.91. The summed E-state index contributed by atoms with van der Waals surface area (Å²) in [5.74, 6) is 1.13. The van der Waals surface area contributed by atoms with E-state index in [0.29, 0.717) is 41.4 Å². The maximum absolute atomic E-state index is 13.3. The maximum atomic E-state index is 13.3. The van der Waals surface area contributed by atoms with Crippen LogP contribution in [0, 0.1) is 6.92 Å². The van der Waals surface area contributed by atoms with E-state index in [9.17, 15) is 13.6 Å². The molecule has 0 aliphatic carbocycles. The quantitative estimate of drug-likeness (QED) is 0.672. The van der Waals surface area contributed by atoms with E-state index in [4.69, 9.17) is 9.47 Å². The Bertz CT molecular complexity index is 1120. The average molecular weight is 386 g/mol. The first kappa shape index (κ1) is 18.3. The summed E-state index contributed by atoms with van der Waals surface area (Å²) in [5.41, 5.74) is 2.52. The minimum atomic E-state index is -2.57. The van der Waals surface area contributed by atoms with Gasteiger partial charge in [0.25, 0.3) is 12.0 Å². The second-order valence-electron chi connectivity index (χ2n) is 6.80. The first-order chi connectivity index (χ1) is 13.4. The van der Waals surface area contributed by atoms with Crippen molar-refractivity contribution in [2.24, 2.45) is 7.05 Å². The Kier molecular flexibility index (Phi) is 4.45. The molecule has 0 unspecified atom stereocenters. The van der Waals surface area contributed by atoms with Gasteiger partial charge in [0, 0.05) is 35.7 Å². The van der Waals surface area contributed by atoms with Crippen molar-refractivity contribution in [2.45, 2.75) is 13.3 Å². The van der Waals surface area contributed by atoms with Gasteiger partial charge in [0.2, 0.25) is 0 Å². The molecule has 3 aromatic rings. The van der Waals surface area contributed by atoms with Crippen molar-refractivity contribution < 1.29 is 18.3 Å². The fourth-order valence-electron chi connectivity index (χ4n) is 3.64. The summed E-state index contributed by atoms with van der Waals surface area (Å²) in [7, 11) is 3.27. The number of fused-ring (bicyclic) bond motifs is 2. The number of halogens is 2. The predicted molar refractivity (Wildman–Crippen MR) is 104 cm³/mol. The molecule has 0 amide bonds. The van der Waals surface area contributed by atoms with E-state index in [2.05, 4.69) is 0 Å². The van der Waals surface area contributed by atoms with Crippen molar-refractivity contribution in [3.63, 3.8) is 0 Å². The van der Waals surface area contributed by atoms with Crippen LogP contribution in [-0.4, -0.2) is 24.8 Å². The number of aryl methyl sites for hydroxylation is 2. The van der Waals surface area contributed by atoms with Crippen LogP contribution in [0.3, 0.4) is 0 Å². The number of aromatic nitrogens is 1. The molecule has 0 saturated heterocycles. The number of hydrogen-bond acceptors (Lipinski definition) is 4. The number of rotatable bonds is 3. The Hall–Kier alpha value is -3.09. The smallest absolute Gasteiger partial charge is 0.263 e. The van der Waals surface area contributed by atoms with Gasteiger partial charge in [0.05, 0.1) is 30.5 Å². The van der Waals surface area contributed by atoms with Crippen molar-refractivity contribution in [3.8, 4) is 11.5 Å². The van der Waals surface area contributed by atoms with Gasteiger partial charge in [-0.2, -0.15) is 0 Å². The van der Waals surface area contributed by atoms with Gasteiger partial charge in [-0.1, -0.05) is 0 Å². The fraction of sp³-hybridized carbons (Fsp3) is 0.286. The fourth-order valence-corrected chi connectivity index (χ4v) is 3.64. The normalized spacial score (nSPS) is 13.6. The minimum absolute atomic E-state index is 0.0648. The molecule has 0 radical (unpaired) electrons. The zero-order valence-electron chi connectivity index (χ0n) is 15.8. The number of methoxy groups -OCH3 is 1. The zero-order chi connectivity index (χ0) is 20.0. The number of ether oxygens (including phenoxy) is 2. The van der Waals surface area contributed by atoms with Crippen LogP contribution < -0.4 is 19.9 Å². The molecule has 5 nitrogen and oxygen atoms in total. The van der Waals surface area contributed by atoms with E-state index in [0.717, 1.165) is 11.1 Å². The van der Waals surface area contributed by atoms with Crippen LogP contribution in [0.15, 0.2) is 41.2 Å². The monoisotopic (exact) mass is 386 g/mol. The molecule has 0 fully saturated rings. The number of pyridine rings is 1. The Morgan fingerprint density at radius 1 is 1.14 bits per heavy atom. The molecule has 1 aliphatic heterocycles. The van der Waals surface area contributed by atoms with E-state index in [1.54, 1.807) is 37.8 Å². The maximum Gasteiger partial charge on any atom is 0.263 e. The predicted octanol–water partition coefficient (Wildman–Crippen LogP) is 4.32. The lowest BCUT2D eigenvalue weighted by Crippen LogP contribution is -2.29. The Labute approximate surface area is 160 Å². The Morgan fingerprint density at radius 2 is 1.93 bits per heavy atom. The molecule has 1 aliphatic rings. The summed E-state index contributed by atoms with van der Waals surface area (Å²) < 4.78 is 39.2. The van der Waals surface area contributed by atoms with E-state index < -0.39 is 6.43 Å². The van der Waals surface area contributed by atoms with Gasteiger partial charge < -0.3 is 18.9 Å². The topological polar surface area (TPSA) is 43.7 Å². The SMILES string of the molecule is COc1cc(N2CCOc3ccc(C(F)F)cc32)c2cc(C)c(=O)n(C)c2c1. The second-order valence-corrected chi connectivity index (χ2v) is 6.80. The van der Waals surface area contributed by atoms with E-state index in [1.807, 2.05) is 17.0 Å². The molecule has 0 N–H and O–H groups in total. The summed E-state index contributed by atoms with van der Waals surface area (Å²) in [4.78, 5) is 14.3. The molecular formula is C21H20F2N2O3. The molecular weight excluding hydrogens is 366 g/mol. The third kappa shape index (κ3) is 2.87. The minimum Gasteiger partial charge on any atom is -0.497 e. The number of benzene rings is 2. The molecule has 2 heterocycles. The highest BCUT2D eigenvalue weighted by atomic mass is 19.3. The van der Waals surface area contributed by atoms with Crippen LogP contribution in [0.25, 0.3) is 10.9 Å². The van der Waals surface area contributed by atoms with Crippen LogP contribution in [0.4, 0.5) is 20.2 Å². The number of hydrogen-bond donors (Lipinski definition) is 0. The summed E-state index contributed by atoms with van der Waals surface area (Å²) in [5, 5.41) is 0.843. The molecule has 0 atom stereocenters. The average Bonchev–Trinajstić information content (AvgIpc) is 2.70. The zero-order valence-corrected chi connectivity index (χ0v) is 15.8. The summed E-state index contributed by atoms with van der Waals surface area (Å²) in [6.07, 6.45) is -2.57. The van der Waals surface area contributed by atoms with Gasteiger partial charge in [-0.05, 0) is 31.2 Å². The summed E-state index contributed by atoms with van der Waals surface area (Å²) >= 11 is 0. The van der Waals surface area contributed by atoms with Gasteiger partial charge in [0.1, 0.15) is 18.1 Å².